The number of carbonyl (C=O) groups is 1. The number of nitrogens with zero attached hydrogens (tertiary/aromatic N) is 4. The summed E-state index contributed by atoms with van der Waals surface area (Å²) in [5.74, 6) is 1.88. The van der Waals surface area contributed by atoms with E-state index in [0.717, 1.165) is 28.3 Å². The summed E-state index contributed by atoms with van der Waals surface area (Å²) < 4.78 is 15.2. The van der Waals surface area contributed by atoms with E-state index in [0.29, 0.717) is 23.7 Å². The van der Waals surface area contributed by atoms with E-state index in [9.17, 15) is 4.79 Å². The van der Waals surface area contributed by atoms with Gasteiger partial charge in [0.15, 0.2) is 0 Å². The smallest absolute Gasteiger partial charge is 0.252 e. The first-order valence-corrected chi connectivity index (χ1v) is 11.6. The Bertz CT molecular complexity index is 1500. The van der Waals surface area contributed by atoms with Crippen molar-refractivity contribution in [3.63, 3.8) is 0 Å². The highest BCUT2D eigenvalue weighted by molar-refractivity contribution is 5.94. The third kappa shape index (κ3) is 4.93. The summed E-state index contributed by atoms with van der Waals surface area (Å²) >= 11 is 0. The Morgan fingerprint density at radius 2 is 1.89 bits per heavy atom. The normalized spacial score (nSPS) is 11.9. The van der Waals surface area contributed by atoms with Gasteiger partial charge in [-0.2, -0.15) is 0 Å². The third-order valence-electron chi connectivity index (χ3n) is 5.97. The molecule has 8 nitrogen and oxygen atoms in total. The van der Waals surface area contributed by atoms with Crippen molar-refractivity contribution >= 4 is 11.6 Å². The number of aromatic nitrogens is 4. The molecule has 36 heavy (non-hydrogen) atoms. The molecule has 0 spiro atoms. The Balaban J connectivity index is 1.29. The molecule has 0 aliphatic rings. The summed E-state index contributed by atoms with van der Waals surface area (Å²) in [7, 11) is 3.52. The van der Waals surface area contributed by atoms with Crippen LogP contribution in [0.2, 0.25) is 0 Å². The predicted molar refractivity (Wildman–Crippen MR) is 136 cm³/mol. The molecule has 5 rings (SSSR count). The minimum atomic E-state index is -0.442. The zero-order valence-corrected chi connectivity index (χ0v) is 20.4. The van der Waals surface area contributed by atoms with Crippen LogP contribution in [-0.4, -0.2) is 32.0 Å². The van der Waals surface area contributed by atoms with Crippen LogP contribution >= 0.6 is 0 Å². The average Bonchev–Trinajstić information content (AvgIpc) is 3.51. The topological polar surface area (TPSA) is 82.7 Å². The van der Waals surface area contributed by atoms with E-state index in [-0.39, 0.29) is 5.91 Å². The molecule has 0 saturated carbocycles. The highest BCUT2D eigenvalue weighted by atomic mass is 16.5. The molecule has 1 unspecified atom stereocenters. The van der Waals surface area contributed by atoms with E-state index in [1.54, 1.807) is 37.6 Å². The fraction of sp³-hybridized carbons (Fsp3) is 0.179. The standard InChI is InChI=1S/C28H27N5O3/c1-19-7-12-25-30-22(17-33(25)16-19)18-36-23-10-8-20(9-11-23)28(34)31-26(27-29-13-14-32(27)2)21-5-4-6-24(15-21)35-3/h4-17,26H,18H2,1-3H3,(H,31,34). The Kier molecular flexibility index (Phi) is 6.40. The molecule has 5 aromatic rings. The van der Waals surface area contributed by atoms with Crippen LogP contribution in [0.25, 0.3) is 5.65 Å². The number of hydrogen-bond donors (Lipinski definition) is 1. The largest absolute Gasteiger partial charge is 0.497 e. The first-order valence-electron chi connectivity index (χ1n) is 11.6. The summed E-state index contributed by atoms with van der Waals surface area (Å²) in [4.78, 5) is 22.2. The van der Waals surface area contributed by atoms with Crippen LogP contribution in [0, 0.1) is 6.92 Å². The van der Waals surface area contributed by atoms with Gasteiger partial charge in [0.25, 0.3) is 5.91 Å². The van der Waals surface area contributed by atoms with E-state index in [2.05, 4.69) is 15.3 Å². The number of fused-ring (bicyclic) bond motifs is 1. The second-order valence-corrected chi connectivity index (χ2v) is 8.60. The maximum atomic E-state index is 13.2. The molecule has 0 bridgehead atoms. The second-order valence-electron chi connectivity index (χ2n) is 8.60. The van der Waals surface area contributed by atoms with Gasteiger partial charge in [-0.05, 0) is 60.5 Å². The van der Waals surface area contributed by atoms with Gasteiger partial charge in [0, 0.05) is 37.4 Å². The zero-order valence-electron chi connectivity index (χ0n) is 20.4. The molecule has 0 saturated heterocycles. The molecule has 1 atom stereocenters. The van der Waals surface area contributed by atoms with Crippen molar-refractivity contribution in [2.45, 2.75) is 19.6 Å². The lowest BCUT2D eigenvalue weighted by Crippen LogP contribution is -2.31. The maximum absolute atomic E-state index is 13.2. The van der Waals surface area contributed by atoms with Gasteiger partial charge in [-0.15, -0.1) is 0 Å². The van der Waals surface area contributed by atoms with Gasteiger partial charge in [0.05, 0.1) is 12.8 Å². The molecular formula is C28H27N5O3. The minimum absolute atomic E-state index is 0.215. The van der Waals surface area contributed by atoms with Crippen molar-refractivity contribution in [3.8, 4) is 11.5 Å². The number of imidazole rings is 2. The predicted octanol–water partition coefficient (Wildman–Crippen LogP) is 4.48. The summed E-state index contributed by atoms with van der Waals surface area (Å²) in [6.07, 6.45) is 7.56. The van der Waals surface area contributed by atoms with E-state index in [1.165, 1.54) is 0 Å². The monoisotopic (exact) mass is 481 g/mol. The molecule has 1 N–H and O–H groups in total. The molecule has 1 amide bonds. The van der Waals surface area contributed by atoms with E-state index < -0.39 is 6.04 Å². The van der Waals surface area contributed by atoms with Crippen molar-refractivity contribution in [1.29, 1.82) is 0 Å². The second kappa shape index (κ2) is 9.95. The highest BCUT2D eigenvalue weighted by Gasteiger charge is 2.22. The van der Waals surface area contributed by atoms with Crippen LogP contribution in [0.1, 0.15) is 39.0 Å². The third-order valence-corrected chi connectivity index (χ3v) is 5.97. The van der Waals surface area contributed by atoms with Crippen molar-refractivity contribution in [2.75, 3.05) is 7.11 Å². The lowest BCUT2D eigenvalue weighted by molar-refractivity contribution is 0.0941. The number of benzene rings is 2. The molecule has 3 aromatic heterocycles. The molecular weight excluding hydrogens is 454 g/mol. The Morgan fingerprint density at radius 3 is 2.64 bits per heavy atom. The van der Waals surface area contributed by atoms with Gasteiger partial charge < -0.3 is 23.8 Å². The number of amides is 1. The highest BCUT2D eigenvalue weighted by Crippen LogP contribution is 2.25. The number of aryl methyl sites for hydroxylation is 2. The van der Waals surface area contributed by atoms with Crippen LogP contribution in [0.15, 0.2) is 85.5 Å². The zero-order chi connectivity index (χ0) is 25.1. The number of methoxy groups -OCH3 is 1. The van der Waals surface area contributed by atoms with Gasteiger partial charge in [-0.3, -0.25) is 4.79 Å². The van der Waals surface area contributed by atoms with Crippen LogP contribution in [-0.2, 0) is 13.7 Å². The Morgan fingerprint density at radius 1 is 1.06 bits per heavy atom. The number of nitrogens with one attached hydrogen (secondary N) is 1. The van der Waals surface area contributed by atoms with Gasteiger partial charge in [0.2, 0.25) is 0 Å². The summed E-state index contributed by atoms with van der Waals surface area (Å²) in [6, 6.07) is 18.3. The quantitative estimate of drug-likeness (QED) is 0.353. The lowest BCUT2D eigenvalue weighted by Gasteiger charge is -2.20. The number of pyridine rings is 1. The number of hydrogen-bond acceptors (Lipinski definition) is 5. The van der Waals surface area contributed by atoms with Crippen LogP contribution < -0.4 is 14.8 Å². The first kappa shape index (κ1) is 23.2. The molecule has 0 aliphatic carbocycles. The molecule has 0 fully saturated rings. The van der Waals surface area contributed by atoms with Gasteiger partial charge in [0.1, 0.15) is 35.6 Å². The van der Waals surface area contributed by atoms with Crippen molar-refractivity contribution < 1.29 is 14.3 Å². The fourth-order valence-electron chi connectivity index (χ4n) is 4.07. The molecule has 3 heterocycles. The Hall–Kier alpha value is -4.59. The fourth-order valence-corrected chi connectivity index (χ4v) is 4.07. The van der Waals surface area contributed by atoms with Crippen molar-refractivity contribution in [2.24, 2.45) is 7.05 Å². The van der Waals surface area contributed by atoms with Crippen LogP contribution in [0.3, 0.4) is 0 Å². The molecule has 182 valence electrons. The molecule has 0 aliphatic heterocycles. The molecule has 0 radical (unpaired) electrons. The SMILES string of the molecule is COc1cccc(C(NC(=O)c2ccc(OCc3cn4cc(C)ccc4n3)cc2)c2nccn2C)c1. The van der Waals surface area contributed by atoms with E-state index in [4.69, 9.17) is 9.47 Å². The lowest BCUT2D eigenvalue weighted by atomic mass is 10.0. The summed E-state index contributed by atoms with van der Waals surface area (Å²) in [5.41, 5.74) is 4.27. The molecule has 2 aromatic carbocycles. The van der Waals surface area contributed by atoms with E-state index >= 15 is 0 Å². The first-order chi connectivity index (χ1) is 17.5. The minimum Gasteiger partial charge on any atom is -0.497 e. The van der Waals surface area contributed by atoms with Gasteiger partial charge in [-0.25, -0.2) is 9.97 Å². The average molecular weight is 482 g/mol. The Labute approximate surface area is 209 Å². The number of carbonyl (C=O) groups excluding carboxylic acids is 1. The summed E-state index contributed by atoms with van der Waals surface area (Å²) in [5, 5.41) is 3.11. The maximum Gasteiger partial charge on any atom is 0.252 e. The van der Waals surface area contributed by atoms with Gasteiger partial charge >= 0.3 is 0 Å². The number of ether oxygens (including phenoxy) is 2. The van der Waals surface area contributed by atoms with E-state index in [1.807, 2.05) is 77.9 Å². The van der Waals surface area contributed by atoms with Crippen LogP contribution in [0.5, 0.6) is 11.5 Å². The summed E-state index contributed by atoms with van der Waals surface area (Å²) in [6.45, 7) is 2.38. The van der Waals surface area contributed by atoms with Crippen LogP contribution in [0.4, 0.5) is 0 Å². The molecule has 8 heteroatoms. The van der Waals surface area contributed by atoms with Crippen molar-refractivity contribution in [1.82, 2.24) is 24.3 Å². The van der Waals surface area contributed by atoms with Gasteiger partial charge in [-0.1, -0.05) is 18.2 Å². The van der Waals surface area contributed by atoms with Crippen molar-refractivity contribution in [3.05, 3.63) is 114 Å². The number of rotatable bonds is 8.